The fourth-order valence-corrected chi connectivity index (χ4v) is 2.25. The van der Waals surface area contributed by atoms with Gasteiger partial charge in [-0.3, -0.25) is 9.59 Å². The SMILES string of the molecule is CC(C)(C)NC(=O)C(=O)C[C@H](c1ccccc1)c1ccco1. The molecule has 0 spiro atoms. The fraction of sp³-hybridized carbons (Fsp3) is 0.333. The minimum atomic E-state index is -0.556. The molecule has 0 aliphatic carbocycles. The molecule has 1 aromatic carbocycles. The van der Waals surface area contributed by atoms with Gasteiger partial charge in [-0.2, -0.15) is 0 Å². The molecule has 0 aliphatic rings. The third-order valence-corrected chi connectivity index (χ3v) is 3.22. The van der Waals surface area contributed by atoms with E-state index in [-0.39, 0.29) is 12.3 Å². The molecule has 0 radical (unpaired) electrons. The minimum Gasteiger partial charge on any atom is -0.469 e. The van der Waals surface area contributed by atoms with Gasteiger partial charge in [-0.25, -0.2) is 0 Å². The molecule has 1 atom stereocenters. The number of carbonyl (C=O) groups excluding carboxylic acids is 2. The van der Waals surface area contributed by atoms with Gasteiger partial charge in [-0.1, -0.05) is 30.3 Å². The van der Waals surface area contributed by atoms with Gasteiger partial charge in [0.25, 0.3) is 5.91 Å². The van der Waals surface area contributed by atoms with Crippen molar-refractivity contribution in [2.45, 2.75) is 38.6 Å². The third-order valence-electron chi connectivity index (χ3n) is 3.22. The van der Waals surface area contributed by atoms with E-state index in [1.165, 1.54) is 0 Å². The highest BCUT2D eigenvalue weighted by Gasteiger charge is 2.26. The van der Waals surface area contributed by atoms with Crippen molar-refractivity contribution in [3.8, 4) is 0 Å². The Morgan fingerprint density at radius 2 is 1.77 bits per heavy atom. The largest absolute Gasteiger partial charge is 0.469 e. The number of furan rings is 1. The maximum absolute atomic E-state index is 12.2. The van der Waals surface area contributed by atoms with Gasteiger partial charge in [-0.05, 0) is 38.5 Å². The van der Waals surface area contributed by atoms with Crippen LogP contribution in [0.3, 0.4) is 0 Å². The number of nitrogens with one attached hydrogen (secondary N) is 1. The van der Waals surface area contributed by atoms with E-state index in [0.717, 1.165) is 5.56 Å². The molecular weight excluding hydrogens is 278 g/mol. The molecule has 22 heavy (non-hydrogen) atoms. The number of hydrogen-bond acceptors (Lipinski definition) is 3. The summed E-state index contributed by atoms with van der Waals surface area (Å²) >= 11 is 0. The summed E-state index contributed by atoms with van der Waals surface area (Å²) in [5.74, 6) is -0.572. The molecule has 1 aromatic heterocycles. The average Bonchev–Trinajstić information content (AvgIpc) is 2.97. The van der Waals surface area contributed by atoms with Crippen LogP contribution in [0.25, 0.3) is 0 Å². The molecule has 116 valence electrons. The van der Waals surface area contributed by atoms with Gasteiger partial charge < -0.3 is 9.73 Å². The lowest BCUT2D eigenvalue weighted by molar-refractivity contribution is -0.139. The van der Waals surface area contributed by atoms with E-state index in [1.807, 2.05) is 57.2 Å². The van der Waals surface area contributed by atoms with Crippen LogP contribution >= 0.6 is 0 Å². The van der Waals surface area contributed by atoms with Crippen molar-refractivity contribution >= 4 is 11.7 Å². The number of hydrogen-bond donors (Lipinski definition) is 1. The van der Waals surface area contributed by atoms with Crippen LogP contribution < -0.4 is 5.32 Å². The van der Waals surface area contributed by atoms with Crippen molar-refractivity contribution in [3.63, 3.8) is 0 Å². The monoisotopic (exact) mass is 299 g/mol. The van der Waals surface area contributed by atoms with E-state index in [4.69, 9.17) is 4.42 Å². The van der Waals surface area contributed by atoms with E-state index >= 15 is 0 Å². The van der Waals surface area contributed by atoms with E-state index in [0.29, 0.717) is 5.76 Å². The lowest BCUT2D eigenvalue weighted by Crippen LogP contribution is -2.44. The maximum Gasteiger partial charge on any atom is 0.287 e. The summed E-state index contributed by atoms with van der Waals surface area (Å²) in [6, 6.07) is 13.2. The first kappa shape index (κ1) is 16.0. The topological polar surface area (TPSA) is 59.3 Å². The number of amides is 1. The molecule has 0 fully saturated rings. The summed E-state index contributed by atoms with van der Waals surface area (Å²) in [7, 11) is 0. The second-order valence-corrected chi connectivity index (χ2v) is 6.31. The Morgan fingerprint density at radius 1 is 1.09 bits per heavy atom. The second-order valence-electron chi connectivity index (χ2n) is 6.31. The number of carbonyl (C=O) groups is 2. The molecule has 2 rings (SSSR count). The summed E-state index contributed by atoms with van der Waals surface area (Å²) < 4.78 is 5.45. The number of rotatable bonds is 5. The van der Waals surface area contributed by atoms with Crippen molar-refractivity contribution in [3.05, 3.63) is 60.1 Å². The molecular formula is C18H21NO3. The van der Waals surface area contributed by atoms with Gasteiger partial charge in [0, 0.05) is 17.9 Å². The zero-order chi connectivity index (χ0) is 16.2. The highest BCUT2D eigenvalue weighted by molar-refractivity contribution is 6.36. The van der Waals surface area contributed by atoms with Crippen LogP contribution in [-0.4, -0.2) is 17.2 Å². The molecule has 1 amide bonds. The van der Waals surface area contributed by atoms with Crippen molar-refractivity contribution in [1.82, 2.24) is 5.32 Å². The first-order valence-electron chi connectivity index (χ1n) is 7.30. The summed E-state index contributed by atoms with van der Waals surface area (Å²) in [6.07, 6.45) is 1.66. The summed E-state index contributed by atoms with van der Waals surface area (Å²) in [6.45, 7) is 5.54. The third kappa shape index (κ3) is 4.32. The Bertz CT molecular complexity index is 624. The summed E-state index contributed by atoms with van der Waals surface area (Å²) in [4.78, 5) is 24.2. The molecule has 4 heteroatoms. The summed E-state index contributed by atoms with van der Waals surface area (Å²) in [5, 5.41) is 2.70. The fourth-order valence-electron chi connectivity index (χ4n) is 2.25. The molecule has 0 saturated carbocycles. The van der Waals surface area contributed by atoms with Crippen LogP contribution in [0.5, 0.6) is 0 Å². The quantitative estimate of drug-likeness (QED) is 0.862. The predicted octanol–water partition coefficient (Wildman–Crippen LogP) is 3.29. The first-order valence-corrected chi connectivity index (χ1v) is 7.30. The normalized spacial score (nSPS) is 12.7. The van der Waals surface area contributed by atoms with Crippen LogP contribution in [0, 0.1) is 0 Å². The lowest BCUT2D eigenvalue weighted by Gasteiger charge is -2.21. The van der Waals surface area contributed by atoms with Gasteiger partial charge in [0.2, 0.25) is 5.78 Å². The zero-order valence-corrected chi connectivity index (χ0v) is 13.1. The van der Waals surface area contributed by atoms with Crippen LogP contribution in [0.2, 0.25) is 0 Å². The van der Waals surface area contributed by atoms with Gasteiger partial charge in [0.15, 0.2) is 0 Å². The molecule has 0 bridgehead atoms. The van der Waals surface area contributed by atoms with Gasteiger partial charge in [0.1, 0.15) is 5.76 Å². The highest BCUT2D eigenvalue weighted by Crippen LogP contribution is 2.28. The lowest BCUT2D eigenvalue weighted by atomic mass is 9.91. The van der Waals surface area contributed by atoms with Gasteiger partial charge in [-0.15, -0.1) is 0 Å². The van der Waals surface area contributed by atoms with Crippen molar-refractivity contribution in [2.75, 3.05) is 0 Å². The van der Waals surface area contributed by atoms with E-state index in [2.05, 4.69) is 5.32 Å². The maximum atomic E-state index is 12.2. The minimum absolute atomic E-state index is 0.0828. The molecule has 0 saturated heterocycles. The molecule has 1 N–H and O–H groups in total. The van der Waals surface area contributed by atoms with E-state index in [1.54, 1.807) is 12.3 Å². The van der Waals surface area contributed by atoms with Crippen molar-refractivity contribution in [1.29, 1.82) is 0 Å². The van der Waals surface area contributed by atoms with Gasteiger partial charge in [0.05, 0.1) is 6.26 Å². The number of ketones is 1. The smallest absolute Gasteiger partial charge is 0.287 e. The number of benzene rings is 1. The predicted molar refractivity (Wildman–Crippen MR) is 84.5 cm³/mol. The average molecular weight is 299 g/mol. The van der Waals surface area contributed by atoms with Crippen molar-refractivity contribution < 1.29 is 14.0 Å². The Balaban J connectivity index is 2.18. The Morgan fingerprint density at radius 3 is 2.32 bits per heavy atom. The van der Waals surface area contributed by atoms with Crippen LogP contribution in [0.15, 0.2) is 53.1 Å². The van der Waals surface area contributed by atoms with E-state index < -0.39 is 17.2 Å². The van der Waals surface area contributed by atoms with Crippen LogP contribution in [0.1, 0.15) is 44.4 Å². The highest BCUT2D eigenvalue weighted by atomic mass is 16.3. The van der Waals surface area contributed by atoms with Crippen LogP contribution in [-0.2, 0) is 9.59 Å². The number of Topliss-reactive ketones (excluding diaryl/α,β-unsaturated/α-hetero) is 1. The first-order chi connectivity index (χ1) is 10.4. The molecule has 4 nitrogen and oxygen atoms in total. The van der Waals surface area contributed by atoms with Crippen LogP contribution in [0.4, 0.5) is 0 Å². The molecule has 0 aliphatic heterocycles. The zero-order valence-electron chi connectivity index (χ0n) is 13.1. The standard InChI is InChI=1S/C18H21NO3/c1-18(2,3)19-17(21)15(20)12-14(16-10-7-11-22-16)13-8-5-4-6-9-13/h4-11,14H,12H2,1-3H3,(H,19,21)/t14-/m1/s1. The Kier molecular flexibility index (Phi) is 4.81. The second kappa shape index (κ2) is 6.60. The Labute approximate surface area is 130 Å². The summed E-state index contributed by atoms with van der Waals surface area (Å²) in [5.41, 5.74) is 0.522. The molecule has 2 aromatic rings. The molecule has 0 unspecified atom stereocenters. The Hall–Kier alpha value is -2.36. The van der Waals surface area contributed by atoms with Gasteiger partial charge >= 0.3 is 0 Å². The molecule has 1 heterocycles. The van der Waals surface area contributed by atoms with E-state index in [9.17, 15) is 9.59 Å². The van der Waals surface area contributed by atoms with Crippen molar-refractivity contribution in [2.24, 2.45) is 0 Å².